The molecule has 0 unspecified atom stereocenters. The number of hydrogen-bond acceptors (Lipinski definition) is 5. The Morgan fingerprint density at radius 2 is 1.70 bits per heavy atom. The van der Waals surface area contributed by atoms with E-state index < -0.39 is 0 Å². The molecule has 0 atom stereocenters. The summed E-state index contributed by atoms with van der Waals surface area (Å²) in [5, 5.41) is 3.57. The molecule has 27 heavy (non-hydrogen) atoms. The number of carbonyl (C=O) groups is 2. The maximum Gasteiger partial charge on any atom is 0.182 e. The summed E-state index contributed by atoms with van der Waals surface area (Å²) in [5.74, 6) is 0. The molecule has 150 valence electrons. The molecular weight excluding hydrogens is 338 g/mol. The lowest BCUT2D eigenvalue weighted by Gasteiger charge is -2.37. The van der Waals surface area contributed by atoms with Crippen molar-refractivity contribution in [1.29, 1.82) is 0 Å². The van der Waals surface area contributed by atoms with Crippen molar-refractivity contribution in [1.82, 2.24) is 4.90 Å². The third kappa shape index (κ3) is 6.83. The average Bonchev–Trinajstić information content (AvgIpc) is 2.65. The maximum absolute atomic E-state index is 8.81. The summed E-state index contributed by atoms with van der Waals surface area (Å²) in [6.45, 7) is 4.56. The Labute approximate surface area is 164 Å². The Hall–Kier alpha value is -2.14. The fourth-order valence-corrected chi connectivity index (χ4v) is 4.00. The summed E-state index contributed by atoms with van der Waals surface area (Å²) < 4.78 is 0. The number of aldehydes is 2. The van der Waals surface area contributed by atoms with Gasteiger partial charge in [0.1, 0.15) is 0 Å². The summed E-state index contributed by atoms with van der Waals surface area (Å²) in [4.78, 5) is 20.3. The highest BCUT2D eigenvalue weighted by Crippen LogP contribution is 2.28. The van der Waals surface area contributed by atoms with Gasteiger partial charge in [-0.25, -0.2) is 0 Å². The van der Waals surface area contributed by atoms with E-state index in [1.807, 2.05) is 18.2 Å². The molecule has 3 N–H and O–H groups in total. The normalized spacial score (nSPS) is 19.3. The largest absolute Gasteiger partial charge is 0.397 e. The number of nitrogen functional groups attached to an aromatic ring is 1. The summed E-state index contributed by atoms with van der Waals surface area (Å²) in [7, 11) is 0. The van der Waals surface area contributed by atoms with Crippen molar-refractivity contribution in [2.75, 3.05) is 24.1 Å². The van der Waals surface area contributed by atoms with E-state index in [1.165, 1.54) is 62.8 Å². The minimum Gasteiger partial charge on any atom is -0.397 e. The molecule has 1 aliphatic heterocycles. The van der Waals surface area contributed by atoms with Crippen LogP contribution in [0.3, 0.4) is 0 Å². The molecule has 1 aromatic carbocycles. The molecule has 1 saturated carbocycles. The summed E-state index contributed by atoms with van der Waals surface area (Å²) >= 11 is 0. The van der Waals surface area contributed by atoms with E-state index in [0.717, 1.165) is 30.4 Å². The molecule has 0 saturated heterocycles. The van der Waals surface area contributed by atoms with Crippen LogP contribution in [0, 0.1) is 0 Å². The SMILES string of the molecule is CC1=C(Nc2ccccc2N)CCN(C2CCCCCCC2)C1.O=CC=O.[HH]. The van der Waals surface area contributed by atoms with Crippen molar-refractivity contribution >= 4 is 23.9 Å². The van der Waals surface area contributed by atoms with Crippen molar-refractivity contribution < 1.29 is 11.0 Å². The van der Waals surface area contributed by atoms with Gasteiger partial charge in [-0.1, -0.05) is 44.2 Å². The lowest BCUT2D eigenvalue weighted by atomic mass is 9.94. The Kier molecular flexibility index (Phi) is 9.05. The third-order valence-electron chi connectivity index (χ3n) is 5.50. The second-order valence-electron chi connectivity index (χ2n) is 7.46. The number of nitrogens with one attached hydrogen (secondary N) is 1. The predicted octanol–water partition coefficient (Wildman–Crippen LogP) is 4.40. The molecule has 5 nitrogen and oxygen atoms in total. The molecule has 5 heteroatoms. The quantitative estimate of drug-likeness (QED) is 0.465. The zero-order valence-electron chi connectivity index (χ0n) is 16.5. The van der Waals surface area contributed by atoms with Gasteiger partial charge in [-0.2, -0.15) is 0 Å². The molecule has 0 aromatic heterocycles. The number of nitrogens with zero attached hydrogens (tertiary/aromatic N) is 1. The molecular formula is C22H35N3O2. The summed E-state index contributed by atoms with van der Waals surface area (Å²) in [5.41, 5.74) is 10.8. The molecule has 1 aliphatic carbocycles. The number of nitrogens with two attached hydrogens (primary N) is 1. The van der Waals surface area contributed by atoms with Crippen molar-refractivity contribution in [3.63, 3.8) is 0 Å². The first-order valence-electron chi connectivity index (χ1n) is 10.1. The first-order valence-corrected chi connectivity index (χ1v) is 10.1. The molecule has 0 spiro atoms. The highest BCUT2D eigenvalue weighted by molar-refractivity contribution is 6.09. The lowest BCUT2D eigenvalue weighted by Crippen LogP contribution is -2.41. The number of hydrogen-bond donors (Lipinski definition) is 2. The van der Waals surface area contributed by atoms with E-state index in [0.29, 0.717) is 0 Å². The average molecular weight is 374 g/mol. The molecule has 0 bridgehead atoms. The molecule has 0 radical (unpaired) electrons. The number of rotatable bonds is 4. The van der Waals surface area contributed by atoms with E-state index >= 15 is 0 Å². The Morgan fingerprint density at radius 1 is 1.07 bits per heavy atom. The van der Waals surface area contributed by atoms with E-state index in [2.05, 4.69) is 23.2 Å². The first kappa shape index (κ1) is 21.2. The number of benzene rings is 1. The van der Waals surface area contributed by atoms with Gasteiger partial charge < -0.3 is 11.1 Å². The standard InChI is InChI=1S/C20H31N3.C2H2O2.H2/c1-16-15-23(17-9-5-3-2-4-6-10-17)14-13-19(16)22-20-12-8-7-11-18(20)21;3-1-2-4;/h7-8,11-12,17,22H,2-6,9-10,13-15,21H2,1H3;1-2H;1H. The Bertz CT molecular complexity index is 634. The minimum absolute atomic E-state index is 0. The second kappa shape index (κ2) is 11.5. The highest BCUT2D eigenvalue weighted by Gasteiger charge is 2.24. The van der Waals surface area contributed by atoms with Crippen LogP contribution in [0.2, 0.25) is 0 Å². The van der Waals surface area contributed by atoms with Crippen molar-refractivity contribution in [2.24, 2.45) is 0 Å². The predicted molar refractivity (Wildman–Crippen MR) is 114 cm³/mol. The van der Waals surface area contributed by atoms with Gasteiger partial charge in [-0.3, -0.25) is 14.5 Å². The Morgan fingerprint density at radius 3 is 2.30 bits per heavy atom. The minimum atomic E-state index is 0. The molecule has 0 amide bonds. The van der Waals surface area contributed by atoms with Gasteiger partial charge in [0.05, 0.1) is 11.4 Å². The maximum atomic E-state index is 8.81. The number of para-hydroxylation sites is 2. The molecule has 2 aliphatic rings. The van der Waals surface area contributed by atoms with Crippen molar-refractivity contribution in [3.8, 4) is 0 Å². The van der Waals surface area contributed by atoms with Gasteiger partial charge in [0, 0.05) is 32.7 Å². The van der Waals surface area contributed by atoms with E-state index in [-0.39, 0.29) is 14.0 Å². The fourth-order valence-electron chi connectivity index (χ4n) is 4.00. The lowest BCUT2D eigenvalue weighted by molar-refractivity contribution is -0.122. The van der Waals surface area contributed by atoms with Crippen molar-refractivity contribution in [3.05, 3.63) is 35.5 Å². The van der Waals surface area contributed by atoms with Crippen molar-refractivity contribution in [2.45, 2.75) is 64.3 Å². The van der Waals surface area contributed by atoms with Crippen LogP contribution in [0.1, 0.15) is 59.7 Å². The van der Waals surface area contributed by atoms with Gasteiger partial charge >= 0.3 is 0 Å². The van der Waals surface area contributed by atoms with E-state index in [9.17, 15) is 0 Å². The van der Waals surface area contributed by atoms with Crippen LogP contribution in [0.25, 0.3) is 0 Å². The van der Waals surface area contributed by atoms with Crippen LogP contribution in [0.15, 0.2) is 35.5 Å². The molecule has 1 heterocycles. The van der Waals surface area contributed by atoms with E-state index in [1.54, 1.807) is 0 Å². The van der Waals surface area contributed by atoms with Crippen LogP contribution < -0.4 is 11.1 Å². The second-order valence-corrected chi connectivity index (χ2v) is 7.46. The van der Waals surface area contributed by atoms with Crippen LogP contribution in [0.4, 0.5) is 11.4 Å². The van der Waals surface area contributed by atoms with Gasteiger partial charge in [-0.05, 0) is 37.5 Å². The van der Waals surface area contributed by atoms with Crippen LogP contribution in [-0.4, -0.2) is 36.6 Å². The molecule has 1 fully saturated rings. The van der Waals surface area contributed by atoms with Crippen LogP contribution >= 0.6 is 0 Å². The summed E-state index contributed by atoms with van der Waals surface area (Å²) in [6, 6.07) is 8.85. The van der Waals surface area contributed by atoms with Gasteiger partial charge in [-0.15, -0.1) is 0 Å². The highest BCUT2D eigenvalue weighted by atomic mass is 16.2. The Balaban J connectivity index is 0.000000717. The smallest absolute Gasteiger partial charge is 0.182 e. The topological polar surface area (TPSA) is 75.4 Å². The monoisotopic (exact) mass is 373 g/mol. The fraction of sp³-hybridized carbons (Fsp3) is 0.545. The molecule has 1 aromatic rings. The zero-order valence-corrected chi connectivity index (χ0v) is 16.5. The van der Waals surface area contributed by atoms with Crippen LogP contribution in [-0.2, 0) is 9.59 Å². The van der Waals surface area contributed by atoms with E-state index in [4.69, 9.17) is 15.3 Å². The first-order chi connectivity index (χ1) is 13.2. The van der Waals surface area contributed by atoms with Gasteiger partial charge in [0.25, 0.3) is 0 Å². The molecule has 3 rings (SSSR count). The number of carbonyl (C=O) groups excluding carboxylic acids is 2. The third-order valence-corrected chi connectivity index (χ3v) is 5.50. The van der Waals surface area contributed by atoms with Gasteiger partial charge in [0.15, 0.2) is 12.6 Å². The zero-order chi connectivity index (χ0) is 19.5. The number of anilines is 2. The van der Waals surface area contributed by atoms with Gasteiger partial charge in [0.2, 0.25) is 0 Å². The summed E-state index contributed by atoms with van der Waals surface area (Å²) in [6.07, 6.45) is 11.4. The van der Waals surface area contributed by atoms with Crippen LogP contribution in [0.5, 0.6) is 0 Å².